The second-order valence-electron chi connectivity index (χ2n) is 6.80. The summed E-state index contributed by atoms with van der Waals surface area (Å²) in [7, 11) is 0. The molecule has 1 aromatic carbocycles. The minimum absolute atomic E-state index is 0.0843. The lowest BCUT2D eigenvalue weighted by atomic mass is 9.85. The van der Waals surface area contributed by atoms with Crippen molar-refractivity contribution in [2.24, 2.45) is 0 Å². The Hall–Kier alpha value is -0.930. The zero-order valence-electron chi connectivity index (χ0n) is 14.9. The molecular weight excluding hydrogens is 324 g/mol. The molecule has 24 heavy (non-hydrogen) atoms. The minimum atomic E-state index is 0.0843. The third-order valence-electron chi connectivity index (χ3n) is 4.98. The lowest BCUT2D eigenvalue weighted by Crippen LogP contribution is -2.27. The maximum absolute atomic E-state index is 6.38. The largest absolute Gasteiger partial charge is 0.490 e. The molecule has 1 aromatic rings. The molecule has 3 unspecified atom stereocenters. The highest BCUT2D eigenvalue weighted by Crippen LogP contribution is 2.50. The van der Waals surface area contributed by atoms with E-state index in [2.05, 4.69) is 26.0 Å². The van der Waals surface area contributed by atoms with E-state index in [1.807, 2.05) is 0 Å². The van der Waals surface area contributed by atoms with Gasteiger partial charge in [0, 0.05) is 11.8 Å². The van der Waals surface area contributed by atoms with Crippen molar-refractivity contribution in [3.8, 4) is 11.5 Å². The van der Waals surface area contributed by atoms with Crippen LogP contribution in [0.2, 0.25) is 0 Å². The van der Waals surface area contributed by atoms with Crippen molar-refractivity contribution < 1.29 is 14.2 Å². The molecule has 3 nitrogen and oxygen atoms in total. The van der Waals surface area contributed by atoms with E-state index < -0.39 is 0 Å². The van der Waals surface area contributed by atoms with Crippen LogP contribution in [0.4, 0.5) is 0 Å². The Morgan fingerprint density at radius 1 is 1.04 bits per heavy atom. The van der Waals surface area contributed by atoms with Crippen LogP contribution in [-0.4, -0.2) is 25.2 Å². The molecule has 0 spiro atoms. The van der Waals surface area contributed by atoms with E-state index in [0.717, 1.165) is 43.8 Å². The van der Waals surface area contributed by atoms with Crippen molar-refractivity contribution >= 4 is 11.6 Å². The van der Waals surface area contributed by atoms with Gasteiger partial charge in [-0.1, -0.05) is 20.3 Å². The van der Waals surface area contributed by atoms with Crippen molar-refractivity contribution in [3.05, 3.63) is 23.3 Å². The maximum Gasteiger partial charge on any atom is 0.161 e. The molecule has 1 fully saturated rings. The molecule has 2 aliphatic rings. The molecule has 0 radical (unpaired) electrons. The van der Waals surface area contributed by atoms with Crippen LogP contribution in [-0.2, 0) is 4.74 Å². The number of hydrogen-bond donors (Lipinski definition) is 0. The van der Waals surface area contributed by atoms with Gasteiger partial charge in [-0.25, -0.2) is 0 Å². The van der Waals surface area contributed by atoms with E-state index in [9.17, 15) is 0 Å². The molecule has 3 rings (SSSR count). The summed E-state index contributed by atoms with van der Waals surface area (Å²) in [4.78, 5) is 0. The van der Waals surface area contributed by atoms with Gasteiger partial charge in [0.15, 0.2) is 11.5 Å². The third-order valence-corrected chi connectivity index (χ3v) is 5.20. The van der Waals surface area contributed by atoms with E-state index in [1.54, 1.807) is 0 Å². The standard InChI is InChI=1S/C20H29ClO3/c1-3-10-22-19-12-15-14-6-5-7-17(14)24-18(8-9-21)16(15)13-20(19)23-11-4-2/h12-14,17-18H,3-11H2,1-2H3. The van der Waals surface area contributed by atoms with Gasteiger partial charge in [0.1, 0.15) is 0 Å². The van der Waals surface area contributed by atoms with Crippen LogP contribution in [0.3, 0.4) is 0 Å². The number of ether oxygens (including phenoxy) is 3. The zero-order chi connectivity index (χ0) is 16.9. The second-order valence-corrected chi connectivity index (χ2v) is 7.18. The van der Waals surface area contributed by atoms with Gasteiger partial charge >= 0.3 is 0 Å². The molecule has 1 aliphatic carbocycles. The van der Waals surface area contributed by atoms with Crippen LogP contribution in [0.1, 0.15) is 75.5 Å². The highest BCUT2D eigenvalue weighted by molar-refractivity contribution is 6.17. The van der Waals surface area contributed by atoms with Crippen molar-refractivity contribution in [2.75, 3.05) is 19.1 Å². The van der Waals surface area contributed by atoms with Crippen LogP contribution >= 0.6 is 11.6 Å². The molecule has 1 heterocycles. The monoisotopic (exact) mass is 352 g/mol. The Bertz CT molecular complexity index is 546. The smallest absolute Gasteiger partial charge is 0.161 e. The second kappa shape index (κ2) is 8.44. The van der Waals surface area contributed by atoms with Gasteiger partial charge < -0.3 is 14.2 Å². The Balaban J connectivity index is 1.98. The zero-order valence-corrected chi connectivity index (χ0v) is 15.6. The summed E-state index contributed by atoms with van der Waals surface area (Å²) in [5, 5.41) is 0. The molecule has 0 N–H and O–H groups in total. The molecule has 0 aromatic heterocycles. The van der Waals surface area contributed by atoms with Crippen LogP contribution in [0.5, 0.6) is 11.5 Å². The summed E-state index contributed by atoms with van der Waals surface area (Å²) >= 11 is 6.03. The molecule has 0 bridgehead atoms. The highest BCUT2D eigenvalue weighted by Gasteiger charge is 2.39. The van der Waals surface area contributed by atoms with Crippen LogP contribution < -0.4 is 9.47 Å². The van der Waals surface area contributed by atoms with E-state index in [4.69, 9.17) is 25.8 Å². The topological polar surface area (TPSA) is 27.7 Å². The number of halogens is 1. The summed E-state index contributed by atoms with van der Waals surface area (Å²) in [5.41, 5.74) is 2.66. The first-order valence-electron chi connectivity index (χ1n) is 9.43. The van der Waals surface area contributed by atoms with Crippen LogP contribution in [0.25, 0.3) is 0 Å². The third kappa shape index (κ3) is 3.67. The van der Waals surface area contributed by atoms with Gasteiger partial charge in [-0.15, -0.1) is 11.6 Å². The number of benzene rings is 1. The molecule has 1 aliphatic heterocycles. The Morgan fingerprint density at radius 2 is 1.71 bits per heavy atom. The van der Waals surface area contributed by atoms with Crippen molar-refractivity contribution in [3.63, 3.8) is 0 Å². The summed E-state index contributed by atoms with van der Waals surface area (Å²) in [6, 6.07) is 4.38. The molecule has 134 valence electrons. The summed E-state index contributed by atoms with van der Waals surface area (Å²) < 4.78 is 18.4. The van der Waals surface area contributed by atoms with Crippen molar-refractivity contribution in [1.82, 2.24) is 0 Å². The maximum atomic E-state index is 6.38. The lowest BCUT2D eigenvalue weighted by molar-refractivity contribution is -0.0332. The quantitative estimate of drug-likeness (QED) is 0.570. The number of alkyl halides is 1. The van der Waals surface area contributed by atoms with Crippen LogP contribution in [0, 0.1) is 0 Å². The average molecular weight is 353 g/mol. The number of hydrogen-bond acceptors (Lipinski definition) is 3. The minimum Gasteiger partial charge on any atom is -0.490 e. The van der Waals surface area contributed by atoms with Gasteiger partial charge in [-0.05, 0) is 55.4 Å². The fraction of sp³-hybridized carbons (Fsp3) is 0.700. The van der Waals surface area contributed by atoms with Gasteiger partial charge in [0.25, 0.3) is 0 Å². The Labute approximate surface area is 150 Å². The lowest BCUT2D eigenvalue weighted by Gasteiger charge is -2.35. The van der Waals surface area contributed by atoms with Gasteiger partial charge in [-0.2, -0.15) is 0 Å². The van der Waals surface area contributed by atoms with Crippen molar-refractivity contribution in [2.45, 2.75) is 70.5 Å². The fourth-order valence-electron chi connectivity index (χ4n) is 3.89. The van der Waals surface area contributed by atoms with E-state index in [-0.39, 0.29) is 6.10 Å². The summed E-state index contributed by atoms with van der Waals surface area (Å²) in [6.07, 6.45) is 6.84. The molecule has 3 atom stereocenters. The van der Waals surface area contributed by atoms with Gasteiger partial charge in [0.2, 0.25) is 0 Å². The van der Waals surface area contributed by atoms with E-state index in [1.165, 1.54) is 24.0 Å². The van der Waals surface area contributed by atoms with Gasteiger partial charge in [0.05, 0.1) is 25.4 Å². The first-order valence-corrected chi connectivity index (χ1v) is 9.96. The first-order chi connectivity index (χ1) is 11.8. The molecule has 1 saturated carbocycles. The van der Waals surface area contributed by atoms with Gasteiger partial charge in [-0.3, -0.25) is 0 Å². The highest BCUT2D eigenvalue weighted by atomic mass is 35.5. The van der Waals surface area contributed by atoms with E-state index in [0.29, 0.717) is 24.5 Å². The Morgan fingerprint density at radius 3 is 2.33 bits per heavy atom. The SMILES string of the molecule is CCCOc1cc2c(cc1OCCC)C1CCCC1OC2CCCl. The average Bonchev–Trinajstić information content (AvgIpc) is 3.06. The predicted molar refractivity (Wildman–Crippen MR) is 97.6 cm³/mol. The summed E-state index contributed by atoms with van der Waals surface area (Å²) in [5.74, 6) is 2.85. The Kier molecular flexibility index (Phi) is 6.29. The predicted octanol–water partition coefficient (Wildman–Crippen LogP) is 5.60. The normalized spacial score (nSPS) is 25.2. The molecule has 0 saturated heterocycles. The van der Waals surface area contributed by atoms with Crippen molar-refractivity contribution in [1.29, 1.82) is 0 Å². The fourth-order valence-corrected chi connectivity index (χ4v) is 4.09. The first kappa shape index (κ1) is 17.9. The van der Waals surface area contributed by atoms with E-state index >= 15 is 0 Å². The molecule has 0 amide bonds. The summed E-state index contributed by atoms with van der Waals surface area (Å²) in [6.45, 7) is 5.67. The number of fused-ring (bicyclic) bond motifs is 3. The molecule has 4 heteroatoms. The number of rotatable bonds is 8. The molecular formula is C20H29ClO3. The van der Waals surface area contributed by atoms with Crippen LogP contribution in [0.15, 0.2) is 12.1 Å².